The van der Waals surface area contributed by atoms with Gasteiger partial charge in [0.25, 0.3) is 0 Å². The molecule has 1 atom stereocenters. The van der Waals surface area contributed by atoms with Gasteiger partial charge in [0, 0.05) is 43.4 Å². The predicted molar refractivity (Wildman–Crippen MR) is 102 cm³/mol. The molecule has 2 saturated heterocycles. The highest BCUT2D eigenvalue weighted by Gasteiger charge is 2.40. The largest absolute Gasteiger partial charge is 0.434 e. The van der Waals surface area contributed by atoms with Gasteiger partial charge in [0.2, 0.25) is 0 Å². The van der Waals surface area contributed by atoms with Crippen molar-refractivity contribution < 1.29 is 17.9 Å². The van der Waals surface area contributed by atoms with Crippen LogP contribution in [0.15, 0.2) is 10.4 Å². The zero-order valence-corrected chi connectivity index (χ0v) is 16.8. The van der Waals surface area contributed by atoms with Gasteiger partial charge in [-0.1, -0.05) is 0 Å². The van der Waals surface area contributed by atoms with E-state index in [0.29, 0.717) is 11.0 Å². The number of guanidine groups is 1. The summed E-state index contributed by atoms with van der Waals surface area (Å²) in [5.41, 5.74) is -0.780. The molecule has 3 heterocycles. The normalized spacial score (nSPS) is 25.0. The number of aromatic nitrogens is 1. The molecule has 0 saturated carbocycles. The standard InChI is InChI=1S/C16H24F3N5OS2/c1-20-14(21-8-13-23-12(9-27-13)16(17,18)19)22-10-15(2-7-26-11-15)24-3-5-25-6-4-24/h9H,2-8,10-11H2,1H3,(H2,20,21,22). The van der Waals surface area contributed by atoms with Crippen LogP contribution in [0.5, 0.6) is 0 Å². The molecule has 0 radical (unpaired) electrons. The number of hydrogen-bond donors (Lipinski definition) is 2. The second-order valence-corrected chi connectivity index (χ2v) is 8.58. The monoisotopic (exact) mass is 423 g/mol. The molecule has 1 unspecified atom stereocenters. The third-order valence-electron chi connectivity index (χ3n) is 4.82. The number of hydrogen-bond acceptors (Lipinski definition) is 6. The van der Waals surface area contributed by atoms with E-state index >= 15 is 0 Å². The molecular formula is C16H24F3N5OS2. The van der Waals surface area contributed by atoms with E-state index < -0.39 is 11.9 Å². The van der Waals surface area contributed by atoms with Crippen LogP contribution in [0.3, 0.4) is 0 Å². The van der Waals surface area contributed by atoms with Crippen molar-refractivity contribution >= 4 is 29.1 Å². The maximum atomic E-state index is 12.7. The highest BCUT2D eigenvalue weighted by atomic mass is 32.2. The summed E-state index contributed by atoms with van der Waals surface area (Å²) in [7, 11) is 1.66. The molecule has 2 N–H and O–H groups in total. The van der Waals surface area contributed by atoms with E-state index in [-0.39, 0.29) is 12.1 Å². The maximum Gasteiger partial charge on any atom is 0.434 e. The molecule has 0 aliphatic carbocycles. The fraction of sp³-hybridized carbons (Fsp3) is 0.750. The Kier molecular flexibility index (Phi) is 6.88. The lowest BCUT2D eigenvalue weighted by Crippen LogP contribution is -2.60. The first-order valence-corrected chi connectivity index (χ1v) is 10.8. The first-order valence-electron chi connectivity index (χ1n) is 8.80. The number of nitrogens with zero attached hydrogens (tertiary/aromatic N) is 3. The zero-order chi connectivity index (χ0) is 19.3. The molecule has 2 aliphatic heterocycles. The SMILES string of the molecule is CN=C(NCc1nc(C(F)(F)F)cs1)NCC1(N2CCOCC2)CCSC1. The Morgan fingerprint density at radius 1 is 1.37 bits per heavy atom. The van der Waals surface area contributed by atoms with Crippen LogP contribution in [-0.4, -0.2) is 72.8 Å². The highest BCUT2D eigenvalue weighted by Crippen LogP contribution is 2.33. The van der Waals surface area contributed by atoms with Crippen molar-refractivity contribution in [2.24, 2.45) is 4.99 Å². The zero-order valence-electron chi connectivity index (χ0n) is 15.1. The van der Waals surface area contributed by atoms with E-state index in [1.165, 1.54) is 0 Å². The van der Waals surface area contributed by atoms with E-state index in [9.17, 15) is 13.2 Å². The minimum atomic E-state index is -4.40. The van der Waals surface area contributed by atoms with E-state index in [0.717, 1.165) is 67.5 Å². The van der Waals surface area contributed by atoms with Gasteiger partial charge < -0.3 is 15.4 Å². The number of alkyl halides is 3. The molecule has 1 aromatic heterocycles. The summed E-state index contributed by atoms with van der Waals surface area (Å²) in [5, 5.41) is 7.84. The lowest BCUT2D eigenvalue weighted by Gasteiger charge is -2.43. The molecule has 2 fully saturated rings. The minimum Gasteiger partial charge on any atom is -0.379 e. The average molecular weight is 424 g/mol. The molecule has 0 amide bonds. The van der Waals surface area contributed by atoms with Gasteiger partial charge in [-0.2, -0.15) is 24.9 Å². The topological polar surface area (TPSA) is 61.8 Å². The molecule has 1 aromatic rings. The van der Waals surface area contributed by atoms with E-state index in [1.54, 1.807) is 7.05 Å². The summed E-state index contributed by atoms with van der Waals surface area (Å²) in [6.45, 7) is 4.31. The van der Waals surface area contributed by atoms with Gasteiger partial charge >= 0.3 is 6.18 Å². The Labute approximate surface area is 165 Å². The predicted octanol–water partition coefficient (Wildman–Crippen LogP) is 2.03. The maximum absolute atomic E-state index is 12.7. The van der Waals surface area contributed by atoms with Crippen molar-refractivity contribution in [3.8, 4) is 0 Å². The molecule has 0 spiro atoms. The second-order valence-electron chi connectivity index (χ2n) is 6.53. The number of thiazole rings is 1. The third-order valence-corrected chi connectivity index (χ3v) is 6.91. The summed E-state index contributed by atoms with van der Waals surface area (Å²) < 4.78 is 43.4. The van der Waals surface area contributed by atoms with Crippen molar-refractivity contribution in [2.45, 2.75) is 24.7 Å². The Morgan fingerprint density at radius 3 is 2.74 bits per heavy atom. The molecular weight excluding hydrogens is 399 g/mol. The highest BCUT2D eigenvalue weighted by molar-refractivity contribution is 7.99. The van der Waals surface area contributed by atoms with Crippen molar-refractivity contribution in [3.05, 3.63) is 16.1 Å². The van der Waals surface area contributed by atoms with Crippen molar-refractivity contribution in [1.82, 2.24) is 20.5 Å². The van der Waals surface area contributed by atoms with Gasteiger partial charge in [-0.25, -0.2) is 4.98 Å². The Bertz CT molecular complexity index is 640. The van der Waals surface area contributed by atoms with Crippen LogP contribution in [-0.2, 0) is 17.5 Å². The number of rotatable bonds is 5. The number of halogens is 3. The Morgan fingerprint density at radius 2 is 2.15 bits per heavy atom. The number of ether oxygens (including phenoxy) is 1. The molecule has 2 aliphatic rings. The van der Waals surface area contributed by atoms with Gasteiger partial charge in [-0.3, -0.25) is 9.89 Å². The van der Waals surface area contributed by atoms with Crippen molar-refractivity contribution in [3.63, 3.8) is 0 Å². The molecule has 6 nitrogen and oxygen atoms in total. The van der Waals surface area contributed by atoms with Gasteiger partial charge in [-0.15, -0.1) is 11.3 Å². The molecule has 27 heavy (non-hydrogen) atoms. The van der Waals surface area contributed by atoms with Crippen molar-refractivity contribution in [1.29, 1.82) is 0 Å². The van der Waals surface area contributed by atoms with Crippen LogP contribution in [0.2, 0.25) is 0 Å². The number of thioether (sulfide) groups is 1. The first kappa shape index (κ1) is 20.7. The Hall–Kier alpha value is -1.04. The van der Waals surface area contributed by atoms with E-state index in [4.69, 9.17) is 4.74 Å². The molecule has 11 heteroatoms. The average Bonchev–Trinajstić information content (AvgIpc) is 3.33. The fourth-order valence-corrected chi connectivity index (χ4v) is 5.50. The van der Waals surface area contributed by atoms with Crippen LogP contribution in [0.4, 0.5) is 13.2 Å². The molecule has 152 valence electrons. The number of nitrogens with one attached hydrogen (secondary N) is 2. The van der Waals surface area contributed by atoms with E-state index in [2.05, 4.69) is 25.5 Å². The van der Waals surface area contributed by atoms with Crippen molar-refractivity contribution in [2.75, 3.05) is 51.4 Å². The fourth-order valence-electron chi connectivity index (χ4n) is 3.29. The summed E-state index contributed by atoms with van der Waals surface area (Å²) in [6, 6.07) is 0. The summed E-state index contributed by atoms with van der Waals surface area (Å²) >= 11 is 2.94. The molecule has 0 bridgehead atoms. The minimum absolute atomic E-state index is 0.0662. The third kappa shape index (κ3) is 5.27. The van der Waals surface area contributed by atoms with Gasteiger partial charge in [0.15, 0.2) is 11.7 Å². The molecule has 0 aromatic carbocycles. The summed E-state index contributed by atoms with van der Waals surface area (Å²) in [5.74, 6) is 2.76. The van der Waals surface area contributed by atoms with Gasteiger partial charge in [-0.05, 0) is 12.2 Å². The van der Waals surface area contributed by atoms with Gasteiger partial charge in [0.05, 0.1) is 19.8 Å². The summed E-state index contributed by atoms with van der Waals surface area (Å²) in [6.07, 6.45) is -3.30. The summed E-state index contributed by atoms with van der Waals surface area (Å²) in [4.78, 5) is 10.3. The van der Waals surface area contributed by atoms with Gasteiger partial charge in [0.1, 0.15) is 5.01 Å². The number of aliphatic imine (C=N–C) groups is 1. The van der Waals surface area contributed by atoms with Crippen LogP contribution in [0.1, 0.15) is 17.1 Å². The van der Waals surface area contributed by atoms with E-state index in [1.807, 2.05) is 11.8 Å². The number of morpholine rings is 1. The smallest absolute Gasteiger partial charge is 0.379 e. The van der Waals surface area contributed by atoms with Crippen LogP contribution >= 0.6 is 23.1 Å². The second kappa shape index (κ2) is 8.97. The lowest BCUT2D eigenvalue weighted by atomic mass is 9.95. The van der Waals surface area contributed by atoms with Crippen LogP contribution < -0.4 is 10.6 Å². The van der Waals surface area contributed by atoms with Crippen LogP contribution in [0.25, 0.3) is 0 Å². The van der Waals surface area contributed by atoms with Crippen LogP contribution in [0, 0.1) is 0 Å². The quantitative estimate of drug-likeness (QED) is 0.558. The Balaban J connectivity index is 1.54. The molecule has 3 rings (SSSR count). The lowest BCUT2D eigenvalue weighted by molar-refractivity contribution is -0.140. The first-order chi connectivity index (χ1) is 12.9.